The minimum absolute atomic E-state index is 0.0928. The summed E-state index contributed by atoms with van der Waals surface area (Å²) >= 11 is 0. The Morgan fingerprint density at radius 3 is 2.80 bits per heavy atom. The van der Waals surface area contributed by atoms with Gasteiger partial charge in [-0.05, 0) is 20.8 Å². The van der Waals surface area contributed by atoms with Crippen LogP contribution in [0.1, 0.15) is 20.8 Å². The van der Waals surface area contributed by atoms with Gasteiger partial charge in [0.15, 0.2) is 0 Å². The molecule has 10 heavy (non-hydrogen) atoms. The summed E-state index contributed by atoms with van der Waals surface area (Å²) in [6.45, 7) is 7.19. The van der Waals surface area contributed by atoms with E-state index < -0.39 is 0 Å². The molecule has 0 bridgehead atoms. The van der Waals surface area contributed by atoms with Crippen LogP contribution in [0.25, 0.3) is 0 Å². The second kappa shape index (κ2) is 2.48. The number of hydrogen-bond acceptors (Lipinski definition) is 3. The Morgan fingerprint density at radius 2 is 2.40 bits per heavy atom. The quantitative estimate of drug-likeness (QED) is 0.552. The van der Waals surface area contributed by atoms with Crippen molar-refractivity contribution < 1.29 is 9.47 Å². The predicted octanol–water partition coefficient (Wildman–Crippen LogP) is 1.19. The summed E-state index contributed by atoms with van der Waals surface area (Å²) < 4.78 is 10.2. The van der Waals surface area contributed by atoms with Crippen LogP contribution in [0.3, 0.4) is 0 Å². The van der Waals surface area contributed by atoms with Crippen LogP contribution >= 0.6 is 0 Å². The molecule has 0 unspecified atom stereocenters. The predicted molar refractivity (Wildman–Crippen MR) is 39.1 cm³/mol. The summed E-state index contributed by atoms with van der Waals surface area (Å²) in [6, 6.07) is 0. The first-order chi connectivity index (χ1) is 4.64. The maximum Gasteiger partial charge on any atom is 0.384 e. The zero-order chi connectivity index (χ0) is 7.61. The number of hydrogen-bond donors (Lipinski definition) is 0. The minimum atomic E-state index is -0.0928. The molecule has 0 saturated carbocycles. The SMILES string of the molecule is CCOC1=NC(C)(C)CO1. The van der Waals surface area contributed by atoms with Gasteiger partial charge in [-0.2, -0.15) is 0 Å². The Hall–Kier alpha value is -0.730. The van der Waals surface area contributed by atoms with E-state index >= 15 is 0 Å². The van der Waals surface area contributed by atoms with E-state index in [2.05, 4.69) is 4.99 Å². The van der Waals surface area contributed by atoms with Gasteiger partial charge in [-0.3, -0.25) is 0 Å². The lowest BCUT2D eigenvalue weighted by atomic mass is 10.1. The van der Waals surface area contributed by atoms with Gasteiger partial charge in [0.25, 0.3) is 0 Å². The van der Waals surface area contributed by atoms with Gasteiger partial charge in [-0.1, -0.05) is 0 Å². The maximum absolute atomic E-state index is 5.14. The van der Waals surface area contributed by atoms with Gasteiger partial charge < -0.3 is 9.47 Å². The molecule has 1 aliphatic heterocycles. The molecule has 1 heterocycles. The summed E-state index contributed by atoms with van der Waals surface area (Å²) in [4.78, 5) is 4.18. The Balaban J connectivity index is 2.49. The van der Waals surface area contributed by atoms with Crippen LogP contribution in [0.15, 0.2) is 4.99 Å². The lowest BCUT2D eigenvalue weighted by Gasteiger charge is -2.06. The molecular weight excluding hydrogens is 130 g/mol. The molecule has 0 aromatic heterocycles. The standard InChI is InChI=1S/C7H13NO2/c1-4-9-6-8-7(2,3)5-10-6/h4-5H2,1-3H3. The smallest absolute Gasteiger partial charge is 0.384 e. The highest BCUT2D eigenvalue weighted by molar-refractivity contribution is 5.69. The van der Waals surface area contributed by atoms with Crippen LogP contribution in [-0.2, 0) is 9.47 Å². The average molecular weight is 143 g/mol. The number of nitrogens with zero attached hydrogens (tertiary/aromatic N) is 1. The summed E-state index contributed by atoms with van der Waals surface area (Å²) in [5.74, 6) is 0. The second-order valence-electron chi connectivity index (χ2n) is 2.91. The minimum Gasteiger partial charge on any atom is -0.451 e. The molecule has 0 radical (unpaired) electrons. The van der Waals surface area contributed by atoms with Crippen LogP contribution in [0.2, 0.25) is 0 Å². The van der Waals surface area contributed by atoms with E-state index in [1.165, 1.54) is 0 Å². The third-order valence-corrected chi connectivity index (χ3v) is 1.21. The van der Waals surface area contributed by atoms with Crippen molar-refractivity contribution in [2.24, 2.45) is 4.99 Å². The Labute approximate surface area is 61.0 Å². The topological polar surface area (TPSA) is 30.8 Å². The molecule has 0 fully saturated rings. The molecule has 1 aliphatic rings. The van der Waals surface area contributed by atoms with Crippen LogP contribution < -0.4 is 0 Å². The first-order valence-corrected chi connectivity index (χ1v) is 3.49. The van der Waals surface area contributed by atoms with Crippen molar-refractivity contribution >= 4 is 6.08 Å². The van der Waals surface area contributed by atoms with E-state index in [1.807, 2.05) is 20.8 Å². The molecule has 0 atom stereocenters. The fraction of sp³-hybridized carbons (Fsp3) is 0.857. The molecule has 0 aliphatic carbocycles. The van der Waals surface area contributed by atoms with E-state index in [0.717, 1.165) is 0 Å². The van der Waals surface area contributed by atoms with Crippen LogP contribution in [0, 0.1) is 0 Å². The van der Waals surface area contributed by atoms with Crippen molar-refractivity contribution in [1.29, 1.82) is 0 Å². The largest absolute Gasteiger partial charge is 0.451 e. The summed E-state index contributed by atoms with van der Waals surface area (Å²) in [5, 5.41) is 0. The van der Waals surface area contributed by atoms with Crippen molar-refractivity contribution in [3.05, 3.63) is 0 Å². The van der Waals surface area contributed by atoms with Gasteiger partial charge in [0.1, 0.15) is 6.61 Å². The van der Waals surface area contributed by atoms with Crippen molar-refractivity contribution in [1.82, 2.24) is 0 Å². The van der Waals surface area contributed by atoms with Crippen molar-refractivity contribution in [3.8, 4) is 0 Å². The second-order valence-corrected chi connectivity index (χ2v) is 2.91. The van der Waals surface area contributed by atoms with Gasteiger partial charge in [0.05, 0.1) is 12.1 Å². The van der Waals surface area contributed by atoms with Crippen molar-refractivity contribution in [2.75, 3.05) is 13.2 Å². The highest BCUT2D eigenvalue weighted by Crippen LogP contribution is 2.16. The van der Waals surface area contributed by atoms with Gasteiger partial charge in [-0.15, -0.1) is 0 Å². The monoisotopic (exact) mass is 143 g/mol. The molecule has 0 aromatic rings. The van der Waals surface area contributed by atoms with Gasteiger partial charge >= 0.3 is 6.08 Å². The summed E-state index contributed by atoms with van der Waals surface area (Å²) in [6.07, 6.45) is 0.438. The third-order valence-electron chi connectivity index (χ3n) is 1.21. The van der Waals surface area contributed by atoms with E-state index in [0.29, 0.717) is 19.3 Å². The molecule has 3 nitrogen and oxygen atoms in total. The zero-order valence-corrected chi connectivity index (χ0v) is 6.68. The highest BCUT2D eigenvalue weighted by atomic mass is 16.7. The van der Waals surface area contributed by atoms with Gasteiger partial charge in [0, 0.05) is 0 Å². The zero-order valence-electron chi connectivity index (χ0n) is 6.68. The van der Waals surface area contributed by atoms with Gasteiger partial charge in [0.2, 0.25) is 0 Å². The van der Waals surface area contributed by atoms with Crippen molar-refractivity contribution in [3.63, 3.8) is 0 Å². The first kappa shape index (κ1) is 7.38. The number of rotatable bonds is 1. The first-order valence-electron chi connectivity index (χ1n) is 3.49. The molecule has 0 N–H and O–H groups in total. The van der Waals surface area contributed by atoms with Crippen LogP contribution in [-0.4, -0.2) is 24.8 Å². The normalized spacial score (nSPS) is 21.7. The summed E-state index contributed by atoms with van der Waals surface area (Å²) in [7, 11) is 0. The van der Waals surface area contributed by atoms with E-state index in [9.17, 15) is 0 Å². The van der Waals surface area contributed by atoms with Crippen LogP contribution in [0.5, 0.6) is 0 Å². The molecular formula is C7H13NO2. The fourth-order valence-corrected chi connectivity index (χ4v) is 0.747. The lowest BCUT2D eigenvalue weighted by Crippen LogP contribution is -2.17. The summed E-state index contributed by atoms with van der Waals surface area (Å²) in [5.41, 5.74) is -0.0928. The molecule has 1 rings (SSSR count). The Kier molecular flexibility index (Phi) is 1.83. The Morgan fingerprint density at radius 1 is 1.70 bits per heavy atom. The van der Waals surface area contributed by atoms with E-state index in [1.54, 1.807) is 0 Å². The fourth-order valence-electron chi connectivity index (χ4n) is 0.747. The molecule has 0 spiro atoms. The van der Waals surface area contributed by atoms with Crippen molar-refractivity contribution in [2.45, 2.75) is 26.3 Å². The molecule has 0 saturated heterocycles. The maximum atomic E-state index is 5.14. The average Bonchev–Trinajstić information content (AvgIpc) is 2.12. The van der Waals surface area contributed by atoms with Crippen LogP contribution in [0.4, 0.5) is 0 Å². The number of aliphatic imine (C=N–C) groups is 1. The lowest BCUT2D eigenvalue weighted by molar-refractivity contribution is 0.184. The van der Waals surface area contributed by atoms with Gasteiger partial charge in [-0.25, -0.2) is 4.99 Å². The highest BCUT2D eigenvalue weighted by Gasteiger charge is 2.26. The Bertz CT molecular complexity index is 152. The molecule has 58 valence electrons. The van der Waals surface area contributed by atoms with E-state index in [-0.39, 0.29) is 5.54 Å². The molecule has 0 aromatic carbocycles. The number of ether oxygens (including phenoxy) is 2. The molecule has 3 heteroatoms. The third kappa shape index (κ3) is 1.62. The molecule has 0 amide bonds. The van der Waals surface area contributed by atoms with E-state index in [4.69, 9.17) is 9.47 Å².